The minimum Gasteiger partial charge on any atom is -0.480 e. The monoisotopic (exact) mass is 304 g/mol. The molecule has 7 heteroatoms. The van der Waals surface area contributed by atoms with Crippen LogP contribution in [0.1, 0.15) is 26.2 Å². The summed E-state index contributed by atoms with van der Waals surface area (Å²) in [6.07, 6.45) is 4.11. The highest BCUT2D eigenvalue weighted by Crippen LogP contribution is 2.23. The van der Waals surface area contributed by atoms with E-state index in [9.17, 15) is 9.59 Å². The van der Waals surface area contributed by atoms with Crippen molar-refractivity contribution in [1.29, 1.82) is 0 Å². The first-order chi connectivity index (χ1) is 9.41. The van der Waals surface area contributed by atoms with Gasteiger partial charge in [0.2, 0.25) is 0 Å². The predicted octanol–water partition coefficient (Wildman–Crippen LogP) is 1.40. The number of hydrogen-bond donors (Lipinski definition) is 2. The number of piperidine rings is 1. The number of rotatable bonds is 6. The number of nitrogens with one attached hydrogen (secondary N) is 1. The zero-order valence-electron chi connectivity index (χ0n) is 12.3. The Bertz CT molecular complexity index is 353. The van der Waals surface area contributed by atoms with E-state index in [2.05, 4.69) is 5.32 Å². The molecule has 1 aliphatic heterocycles. The number of amides is 2. The minimum atomic E-state index is -0.987. The van der Waals surface area contributed by atoms with Crippen LogP contribution in [0.4, 0.5) is 4.79 Å². The largest absolute Gasteiger partial charge is 0.480 e. The van der Waals surface area contributed by atoms with Gasteiger partial charge in [0.15, 0.2) is 0 Å². The van der Waals surface area contributed by atoms with E-state index in [0.717, 1.165) is 12.8 Å². The molecule has 0 spiro atoms. The topological polar surface area (TPSA) is 78.9 Å². The van der Waals surface area contributed by atoms with Crippen LogP contribution in [-0.4, -0.2) is 65.9 Å². The third kappa shape index (κ3) is 4.86. The van der Waals surface area contributed by atoms with E-state index >= 15 is 0 Å². The number of likely N-dealkylation sites (tertiary alicyclic amines) is 1. The molecule has 1 aliphatic rings. The smallest absolute Gasteiger partial charge is 0.326 e. The number of aliphatic carboxylic acids is 1. The van der Waals surface area contributed by atoms with Gasteiger partial charge in [-0.1, -0.05) is 0 Å². The maximum Gasteiger partial charge on any atom is 0.326 e. The molecule has 2 N–H and O–H groups in total. The summed E-state index contributed by atoms with van der Waals surface area (Å²) < 4.78 is 5.44. The van der Waals surface area contributed by atoms with E-state index in [1.807, 2.05) is 13.2 Å². The standard InChI is InChI=1S/C13H24N2O4S/c1-13(19-2)6-4-7-15(9-13)12(18)14-10(11(16)17)5-8-20-3/h10H,4-9H2,1-3H3,(H,14,18)(H,16,17)/t10-,13?/m1/s1. The van der Waals surface area contributed by atoms with Crippen molar-refractivity contribution in [2.75, 3.05) is 32.2 Å². The lowest BCUT2D eigenvalue weighted by Gasteiger charge is -2.39. The Hall–Kier alpha value is -0.950. The average Bonchev–Trinajstić information content (AvgIpc) is 2.43. The van der Waals surface area contributed by atoms with Crippen molar-refractivity contribution in [3.63, 3.8) is 0 Å². The van der Waals surface area contributed by atoms with Gasteiger partial charge in [-0.2, -0.15) is 11.8 Å². The number of ether oxygens (including phenoxy) is 1. The number of carbonyl (C=O) groups is 2. The van der Waals surface area contributed by atoms with Crippen LogP contribution in [0.3, 0.4) is 0 Å². The highest BCUT2D eigenvalue weighted by atomic mass is 32.2. The summed E-state index contributed by atoms with van der Waals surface area (Å²) in [5, 5.41) is 11.7. The number of nitrogens with zero attached hydrogens (tertiary/aromatic N) is 1. The van der Waals surface area contributed by atoms with Gasteiger partial charge in [-0.25, -0.2) is 9.59 Å². The Balaban J connectivity index is 2.57. The fourth-order valence-electron chi connectivity index (χ4n) is 2.28. The molecule has 2 atom stereocenters. The first kappa shape index (κ1) is 17.1. The summed E-state index contributed by atoms with van der Waals surface area (Å²) >= 11 is 1.57. The molecule has 2 amide bonds. The highest BCUT2D eigenvalue weighted by Gasteiger charge is 2.34. The van der Waals surface area contributed by atoms with Crippen LogP contribution in [-0.2, 0) is 9.53 Å². The number of carboxylic acid groups (broad SMARTS) is 1. The van der Waals surface area contributed by atoms with Crippen molar-refractivity contribution in [2.45, 2.75) is 37.8 Å². The Morgan fingerprint density at radius 1 is 1.55 bits per heavy atom. The number of hydrogen-bond acceptors (Lipinski definition) is 4. The number of carboxylic acids is 1. The molecular weight excluding hydrogens is 280 g/mol. The van der Waals surface area contributed by atoms with Crippen LogP contribution in [0, 0.1) is 0 Å². The molecule has 0 aromatic carbocycles. The number of carbonyl (C=O) groups excluding carboxylic acids is 1. The lowest BCUT2D eigenvalue weighted by atomic mass is 9.95. The number of urea groups is 1. The molecule has 0 aromatic heterocycles. The van der Waals surface area contributed by atoms with Crippen LogP contribution in [0.25, 0.3) is 0 Å². The Morgan fingerprint density at radius 3 is 2.80 bits per heavy atom. The summed E-state index contributed by atoms with van der Waals surface area (Å²) in [5.74, 6) is -0.286. The molecule has 0 radical (unpaired) electrons. The van der Waals surface area contributed by atoms with Crippen molar-refractivity contribution in [3.05, 3.63) is 0 Å². The van der Waals surface area contributed by atoms with Crippen LogP contribution in [0.15, 0.2) is 0 Å². The molecule has 0 bridgehead atoms. The highest BCUT2D eigenvalue weighted by molar-refractivity contribution is 7.98. The van der Waals surface area contributed by atoms with Crippen LogP contribution >= 0.6 is 11.8 Å². The first-order valence-electron chi connectivity index (χ1n) is 6.74. The summed E-state index contributed by atoms with van der Waals surface area (Å²) in [5.41, 5.74) is -0.340. The van der Waals surface area contributed by atoms with Gasteiger partial charge in [-0.05, 0) is 38.2 Å². The molecule has 20 heavy (non-hydrogen) atoms. The second-order valence-electron chi connectivity index (χ2n) is 5.30. The molecule has 1 unspecified atom stereocenters. The fraction of sp³-hybridized carbons (Fsp3) is 0.846. The van der Waals surface area contributed by atoms with Crippen molar-refractivity contribution in [3.8, 4) is 0 Å². The van der Waals surface area contributed by atoms with Gasteiger partial charge >= 0.3 is 12.0 Å². The quantitative estimate of drug-likeness (QED) is 0.775. The lowest BCUT2D eigenvalue weighted by molar-refractivity contribution is -0.139. The van der Waals surface area contributed by atoms with Crippen molar-refractivity contribution < 1.29 is 19.4 Å². The van der Waals surface area contributed by atoms with Crippen molar-refractivity contribution in [1.82, 2.24) is 10.2 Å². The predicted molar refractivity (Wildman–Crippen MR) is 79.2 cm³/mol. The van der Waals surface area contributed by atoms with Gasteiger partial charge in [0.25, 0.3) is 0 Å². The Kier molecular flexibility index (Phi) is 6.61. The maximum atomic E-state index is 12.2. The molecule has 6 nitrogen and oxygen atoms in total. The van der Waals surface area contributed by atoms with Gasteiger partial charge in [0.1, 0.15) is 6.04 Å². The van der Waals surface area contributed by atoms with E-state index in [1.165, 1.54) is 0 Å². The van der Waals surface area contributed by atoms with Crippen LogP contribution in [0.2, 0.25) is 0 Å². The number of methoxy groups -OCH3 is 1. The van der Waals surface area contributed by atoms with Gasteiger partial charge in [0, 0.05) is 13.7 Å². The van der Waals surface area contributed by atoms with E-state index in [1.54, 1.807) is 23.8 Å². The second kappa shape index (κ2) is 7.73. The van der Waals surface area contributed by atoms with Gasteiger partial charge in [-0.3, -0.25) is 0 Å². The molecule has 1 heterocycles. The normalized spacial score (nSPS) is 24.2. The fourth-order valence-corrected chi connectivity index (χ4v) is 2.75. The molecular formula is C13H24N2O4S. The van der Waals surface area contributed by atoms with Crippen LogP contribution < -0.4 is 5.32 Å². The van der Waals surface area contributed by atoms with E-state index in [-0.39, 0.29) is 11.6 Å². The Labute approximate surface area is 124 Å². The van der Waals surface area contributed by atoms with Gasteiger partial charge in [-0.15, -0.1) is 0 Å². The summed E-state index contributed by atoms with van der Waals surface area (Å²) in [6.45, 7) is 3.10. The zero-order chi connectivity index (χ0) is 15.2. The summed E-state index contributed by atoms with van der Waals surface area (Å²) in [6, 6.07) is -1.15. The SMILES string of the molecule is COC1(C)CCCN(C(=O)N[C@H](CCSC)C(=O)O)C1. The van der Waals surface area contributed by atoms with E-state index in [4.69, 9.17) is 9.84 Å². The molecule has 0 aliphatic carbocycles. The third-order valence-corrected chi connectivity index (χ3v) is 4.29. The number of thioether (sulfide) groups is 1. The molecule has 116 valence electrons. The average molecular weight is 304 g/mol. The van der Waals surface area contributed by atoms with Crippen LogP contribution in [0.5, 0.6) is 0 Å². The van der Waals surface area contributed by atoms with Gasteiger partial charge < -0.3 is 20.1 Å². The molecule has 0 saturated carbocycles. The third-order valence-electron chi connectivity index (χ3n) is 3.65. The zero-order valence-corrected chi connectivity index (χ0v) is 13.2. The summed E-state index contributed by atoms with van der Waals surface area (Å²) in [4.78, 5) is 24.9. The Morgan fingerprint density at radius 2 is 2.25 bits per heavy atom. The summed E-state index contributed by atoms with van der Waals surface area (Å²) in [7, 11) is 1.64. The lowest BCUT2D eigenvalue weighted by Crippen LogP contribution is -2.55. The molecule has 0 aromatic rings. The maximum absolute atomic E-state index is 12.2. The van der Waals surface area contributed by atoms with Crippen molar-refractivity contribution >= 4 is 23.8 Å². The molecule has 1 rings (SSSR count). The molecule has 1 saturated heterocycles. The minimum absolute atomic E-state index is 0.318. The van der Waals surface area contributed by atoms with Crippen molar-refractivity contribution in [2.24, 2.45) is 0 Å². The van der Waals surface area contributed by atoms with E-state index in [0.29, 0.717) is 25.3 Å². The second-order valence-corrected chi connectivity index (χ2v) is 6.29. The van der Waals surface area contributed by atoms with Gasteiger partial charge in [0.05, 0.1) is 12.1 Å². The molecule has 1 fully saturated rings. The van der Waals surface area contributed by atoms with E-state index < -0.39 is 12.0 Å². The first-order valence-corrected chi connectivity index (χ1v) is 8.13.